The molecule has 0 saturated carbocycles. The first-order valence-electron chi connectivity index (χ1n) is 9.67. The lowest BCUT2D eigenvalue weighted by atomic mass is 10.1. The Bertz CT molecular complexity index is 924. The summed E-state index contributed by atoms with van der Waals surface area (Å²) in [6.07, 6.45) is -3.34. The van der Waals surface area contributed by atoms with Gasteiger partial charge in [0.2, 0.25) is 11.2 Å². The molecule has 0 unspecified atom stereocenters. The average Bonchev–Trinajstić information content (AvgIpc) is 2.71. The summed E-state index contributed by atoms with van der Waals surface area (Å²) in [6, 6.07) is 3.75. The maximum atomic E-state index is 12.9. The van der Waals surface area contributed by atoms with Crippen LogP contribution in [-0.2, 0) is 11.0 Å². The van der Waals surface area contributed by atoms with Gasteiger partial charge in [-0.2, -0.15) is 13.2 Å². The van der Waals surface area contributed by atoms with Crippen molar-refractivity contribution in [2.24, 2.45) is 0 Å². The Morgan fingerprint density at radius 3 is 2.35 bits per heavy atom. The molecule has 0 radical (unpaired) electrons. The molecule has 3 rings (SSSR count). The van der Waals surface area contributed by atoms with Crippen molar-refractivity contribution >= 4 is 17.5 Å². The fraction of sp³-hybridized carbons (Fsp3) is 0.500. The van der Waals surface area contributed by atoms with Gasteiger partial charge < -0.3 is 9.64 Å². The van der Waals surface area contributed by atoms with Gasteiger partial charge >= 0.3 is 6.18 Å². The van der Waals surface area contributed by atoms with E-state index >= 15 is 0 Å². The zero-order valence-electron chi connectivity index (χ0n) is 17.4. The van der Waals surface area contributed by atoms with Crippen molar-refractivity contribution in [2.45, 2.75) is 32.5 Å². The van der Waals surface area contributed by atoms with Gasteiger partial charge in [-0.1, -0.05) is 0 Å². The largest absolute Gasteiger partial charge is 0.468 e. The fourth-order valence-electron chi connectivity index (χ4n) is 3.18. The molecule has 0 atom stereocenters. The van der Waals surface area contributed by atoms with Gasteiger partial charge in [0.1, 0.15) is 5.69 Å². The number of aromatic nitrogens is 3. The smallest absolute Gasteiger partial charge is 0.433 e. The van der Waals surface area contributed by atoms with Crippen molar-refractivity contribution in [3.05, 3.63) is 35.4 Å². The number of amides is 1. The molecule has 1 aliphatic rings. The average molecular weight is 458 g/mol. The molecule has 1 aliphatic heterocycles. The van der Waals surface area contributed by atoms with Crippen LogP contribution in [0.4, 0.5) is 13.2 Å². The molecule has 1 amide bonds. The zero-order valence-corrected chi connectivity index (χ0v) is 18.2. The molecule has 2 aromatic heterocycles. The zero-order chi connectivity index (χ0) is 22.8. The predicted molar refractivity (Wildman–Crippen MR) is 109 cm³/mol. The lowest BCUT2D eigenvalue weighted by Gasteiger charge is -2.42. The highest BCUT2D eigenvalue weighted by atomic mass is 35.5. The molecule has 3 heterocycles. The number of pyridine rings is 1. The quantitative estimate of drug-likeness (QED) is 0.654. The van der Waals surface area contributed by atoms with E-state index in [9.17, 15) is 18.0 Å². The Morgan fingerprint density at radius 1 is 1.13 bits per heavy atom. The highest BCUT2D eigenvalue weighted by Crippen LogP contribution is 2.31. The molecule has 1 saturated heterocycles. The molecule has 0 bridgehead atoms. The molecule has 0 N–H and O–H groups in total. The Labute approximate surface area is 183 Å². The van der Waals surface area contributed by atoms with Gasteiger partial charge in [0, 0.05) is 49.5 Å². The van der Waals surface area contributed by atoms with Gasteiger partial charge in [0.15, 0.2) is 6.61 Å². The van der Waals surface area contributed by atoms with Crippen molar-refractivity contribution in [2.75, 3.05) is 32.8 Å². The van der Waals surface area contributed by atoms with Crippen LogP contribution in [0, 0.1) is 0 Å². The summed E-state index contributed by atoms with van der Waals surface area (Å²) in [7, 11) is 0. The summed E-state index contributed by atoms with van der Waals surface area (Å²) < 4.78 is 44.2. The van der Waals surface area contributed by atoms with E-state index < -0.39 is 17.2 Å². The molecular weight excluding hydrogens is 435 g/mol. The topological polar surface area (TPSA) is 71.5 Å². The third-order valence-corrected chi connectivity index (χ3v) is 5.12. The summed E-state index contributed by atoms with van der Waals surface area (Å²) in [5.74, 6) is 0.0402. The summed E-state index contributed by atoms with van der Waals surface area (Å²) in [5.41, 5.74) is -0.780. The van der Waals surface area contributed by atoms with Crippen LogP contribution in [0.15, 0.2) is 24.4 Å². The van der Waals surface area contributed by atoms with Gasteiger partial charge in [-0.3, -0.25) is 9.69 Å². The number of piperazine rings is 1. The molecule has 168 valence electrons. The standard InChI is InChI=1S/C20H23ClF3N5O2/c1-19(2,3)29-8-6-28(7-9-29)17(30)12-31-16-5-4-13(11-25-16)14-10-15(20(22,23)24)27-18(21)26-14/h4-5,10-11H,6-9,12H2,1-3H3. The van der Waals surface area contributed by atoms with Crippen LogP contribution in [0.2, 0.25) is 5.28 Å². The number of hydrogen-bond acceptors (Lipinski definition) is 6. The number of carbonyl (C=O) groups excluding carboxylic acids is 1. The molecule has 0 aromatic carbocycles. The third-order valence-electron chi connectivity index (χ3n) is 4.95. The molecule has 31 heavy (non-hydrogen) atoms. The number of nitrogens with zero attached hydrogens (tertiary/aromatic N) is 5. The highest BCUT2D eigenvalue weighted by Gasteiger charge is 2.33. The Morgan fingerprint density at radius 2 is 1.81 bits per heavy atom. The lowest BCUT2D eigenvalue weighted by Crippen LogP contribution is -2.55. The van der Waals surface area contributed by atoms with Gasteiger partial charge in [-0.15, -0.1) is 0 Å². The number of alkyl halides is 3. The second-order valence-corrected chi connectivity index (χ2v) is 8.46. The van der Waals surface area contributed by atoms with Crippen LogP contribution < -0.4 is 4.74 Å². The van der Waals surface area contributed by atoms with Crippen molar-refractivity contribution in [3.63, 3.8) is 0 Å². The SMILES string of the molecule is CC(C)(C)N1CCN(C(=O)COc2ccc(-c3cc(C(F)(F)F)nc(Cl)n3)cn2)CC1. The molecular formula is C20H23ClF3N5O2. The van der Waals surface area contributed by atoms with Crippen molar-refractivity contribution in [3.8, 4) is 17.1 Å². The van der Waals surface area contributed by atoms with Crippen LogP contribution in [0.5, 0.6) is 5.88 Å². The van der Waals surface area contributed by atoms with Crippen molar-refractivity contribution < 1.29 is 22.7 Å². The van der Waals surface area contributed by atoms with E-state index in [0.717, 1.165) is 19.2 Å². The van der Waals surface area contributed by atoms with E-state index in [2.05, 4.69) is 40.6 Å². The summed E-state index contributed by atoms with van der Waals surface area (Å²) in [6.45, 7) is 9.10. The summed E-state index contributed by atoms with van der Waals surface area (Å²) in [5, 5.41) is -0.512. The van der Waals surface area contributed by atoms with Gasteiger partial charge in [0.25, 0.3) is 5.91 Å². The van der Waals surface area contributed by atoms with E-state index in [1.807, 2.05) is 0 Å². The van der Waals surface area contributed by atoms with Crippen LogP contribution in [0.1, 0.15) is 26.5 Å². The van der Waals surface area contributed by atoms with Crippen LogP contribution in [-0.4, -0.2) is 69.0 Å². The van der Waals surface area contributed by atoms with Crippen LogP contribution in [0.25, 0.3) is 11.3 Å². The lowest BCUT2D eigenvalue weighted by molar-refractivity contribution is -0.141. The number of halogens is 4. The van der Waals surface area contributed by atoms with E-state index in [-0.39, 0.29) is 29.6 Å². The normalized spacial score (nSPS) is 15.8. The number of hydrogen-bond donors (Lipinski definition) is 0. The van der Waals surface area contributed by atoms with Crippen LogP contribution in [0.3, 0.4) is 0 Å². The van der Waals surface area contributed by atoms with Gasteiger partial charge in [-0.25, -0.2) is 15.0 Å². The van der Waals surface area contributed by atoms with Crippen molar-refractivity contribution in [1.29, 1.82) is 0 Å². The monoisotopic (exact) mass is 457 g/mol. The second kappa shape index (κ2) is 8.96. The number of ether oxygens (including phenoxy) is 1. The second-order valence-electron chi connectivity index (χ2n) is 8.12. The molecule has 2 aromatic rings. The van der Waals surface area contributed by atoms with Gasteiger partial charge in [-0.05, 0) is 44.5 Å². The number of carbonyl (C=O) groups is 1. The Balaban J connectivity index is 1.58. The molecule has 0 spiro atoms. The third kappa shape index (κ3) is 6.04. The van der Waals surface area contributed by atoms with Crippen molar-refractivity contribution in [1.82, 2.24) is 24.8 Å². The minimum absolute atomic E-state index is 0.0147. The van der Waals surface area contributed by atoms with E-state index in [4.69, 9.17) is 16.3 Å². The first-order valence-corrected chi connectivity index (χ1v) is 10.0. The first-order chi connectivity index (χ1) is 14.4. The Hall–Kier alpha value is -2.46. The van der Waals surface area contributed by atoms with E-state index in [0.29, 0.717) is 18.7 Å². The fourth-order valence-corrected chi connectivity index (χ4v) is 3.36. The molecule has 11 heteroatoms. The highest BCUT2D eigenvalue weighted by molar-refractivity contribution is 6.28. The summed E-state index contributed by atoms with van der Waals surface area (Å²) in [4.78, 5) is 27.5. The molecule has 7 nitrogen and oxygen atoms in total. The number of rotatable bonds is 4. The summed E-state index contributed by atoms with van der Waals surface area (Å²) >= 11 is 5.62. The minimum Gasteiger partial charge on any atom is -0.468 e. The Kier molecular flexibility index (Phi) is 6.70. The van der Waals surface area contributed by atoms with E-state index in [1.165, 1.54) is 18.3 Å². The van der Waals surface area contributed by atoms with Gasteiger partial charge in [0.05, 0.1) is 5.69 Å². The first kappa shape index (κ1) is 23.2. The minimum atomic E-state index is -4.64. The molecule has 1 fully saturated rings. The maximum Gasteiger partial charge on any atom is 0.433 e. The van der Waals surface area contributed by atoms with E-state index in [1.54, 1.807) is 4.90 Å². The maximum absolute atomic E-state index is 12.9. The predicted octanol–water partition coefficient (Wildman–Crippen LogP) is 3.53. The van der Waals surface area contributed by atoms with Crippen LogP contribution >= 0.6 is 11.6 Å². The molecule has 0 aliphatic carbocycles.